The van der Waals surface area contributed by atoms with Crippen LogP contribution in [0, 0.1) is 0 Å². The number of hydrogen-bond acceptors (Lipinski definition) is 6. The van der Waals surface area contributed by atoms with Gasteiger partial charge in [-0.2, -0.15) is 0 Å². The first-order valence-corrected chi connectivity index (χ1v) is 10.8. The minimum absolute atomic E-state index is 0.644. The van der Waals surface area contributed by atoms with Crippen molar-refractivity contribution in [1.29, 1.82) is 0 Å². The molecule has 0 saturated heterocycles. The van der Waals surface area contributed by atoms with Crippen LogP contribution >= 0.6 is 0 Å². The fourth-order valence-electron chi connectivity index (χ4n) is 2.71. The summed E-state index contributed by atoms with van der Waals surface area (Å²) in [5, 5.41) is 19.7. The molecule has 144 valence electrons. The normalized spacial score (nSPS) is 17.0. The maximum absolute atomic E-state index is 12.4. The Kier molecular flexibility index (Phi) is 7.72. The van der Waals surface area contributed by atoms with Gasteiger partial charge in [0.2, 0.25) is 0 Å². The van der Waals surface area contributed by atoms with Gasteiger partial charge in [0, 0.05) is 0 Å². The fourth-order valence-corrected chi connectivity index (χ4v) is 10.2. The van der Waals surface area contributed by atoms with Crippen molar-refractivity contribution in [3.63, 3.8) is 0 Å². The first-order valence-electron chi connectivity index (χ1n) is 7.95. The third-order valence-corrected chi connectivity index (χ3v) is 12.8. The number of carboxylic acids is 2. The number of aliphatic carboxylic acids is 2. The Hall–Kier alpha value is -1.09. The first-order chi connectivity index (χ1) is 11.1. The van der Waals surface area contributed by atoms with Crippen LogP contribution in [0.5, 0.6) is 0 Å². The van der Waals surface area contributed by atoms with Gasteiger partial charge in [0.25, 0.3) is 0 Å². The fraction of sp³-hybridized carbons (Fsp3) is 0.750. The van der Waals surface area contributed by atoms with Crippen LogP contribution in [0.25, 0.3) is 0 Å². The van der Waals surface area contributed by atoms with Crippen LogP contribution in [-0.4, -0.2) is 45.9 Å². The molecule has 9 heteroatoms. The molecule has 2 atom stereocenters. The molecule has 0 aromatic carbocycles. The SMILES string of the molecule is CC(=O)[C](C)(C(=O)O)[Ti]([O]C(C)C)([O]C(C)C)[C](C)(C(C)=O)C(=O)O. The summed E-state index contributed by atoms with van der Waals surface area (Å²) in [6.45, 7) is 10.6. The van der Waals surface area contributed by atoms with Crippen molar-refractivity contribution in [2.45, 2.75) is 75.0 Å². The minimum atomic E-state index is -5.29. The van der Waals surface area contributed by atoms with Crippen LogP contribution in [0.15, 0.2) is 0 Å². The Morgan fingerprint density at radius 1 is 0.760 bits per heavy atom. The standard InChI is InChI=1S/2C5H7O3.2C3H7O.Ti/c2*1-3(4(2)6)5(7)8;2*1-3(2)4;/h2*1-2H3,(H,7,8);2*3H,1-2H3;/q;;2*-1;+2. The topological polar surface area (TPSA) is 127 Å². The molecule has 0 saturated carbocycles. The van der Waals surface area contributed by atoms with E-state index in [1.165, 1.54) is 0 Å². The Morgan fingerprint density at radius 3 is 1.12 bits per heavy atom. The van der Waals surface area contributed by atoms with E-state index >= 15 is 0 Å². The molecular formula is C16H28O8Ti. The third-order valence-electron chi connectivity index (χ3n) is 4.38. The summed E-state index contributed by atoms with van der Waals surface area (Å²) in [6.07, 6.45) is -1.29. The van der Waals surface area contributed by atoms with Crippen molar-refractivity contribution < 1.29 is 53.4 Å². The maximum atomic E-state index is 12.4. The predicted octanol–water partition coefficient (Wildman–Crippen LogP) is 2.52. The molecule has 0 spiro atoms. The summed E-state index contributed by atoms with van der Waals surface area (Å²) in [5.41, 5.74) is 0. The number of carbonyl (C=O) groups is 4. The molecule has 0 aliphatic heterocycles. The molecule has 0 amide bonds. The van der Waals surface area contributed by atoms with Gasteiger partial charge in [-0.25, -0.2) is 0 Å². The average Bonchev–Trinajstić information content (AvgIpc) is 2.42. The summed E-state index contributed by atoms with van der Waals surface area (Å²) in [5.74, 6) is -4.74. The van der Waals surface area contributed by atoms with Gasteiger partial charge in [0.05, 0.1) is 0 Å². The van der Waals surface area contributed by atoms with E-state index in [2.05, 4.69) is 0 Å². The molecule has 0 rings (SSSR count). The van der Waals surface area contributed by atoms with Gasteiger partial charge in [-0.3, -0.25) is 0 Å². The zero-order valence-corrected chi connectivity index (χ0v) is 17.6. The van der Waals surface area contributed by atoms with Crippen molar-refractivity contribution in [3.8, 4) is 0 Å². The monoisotopic (exact) mass is 396 g/mol. The number of carbonyl (C=O) groups excluding carboxylic acids is 2. The van der Waals surface area contributed by atoms with Crippen molar-refractivity contribution in [3.05, 3.63) is 0 Å². The molecule has 0 radical (unpaired) electrons. The van der Waals surface area contributed by atoms with Gasteiger partial charge >= 0.3 is 152 Å². The Bertz CT molecular complexity index is 488. The van der Waals surface area contributed by atoms with Crippen molar-refractivity contribution >= 4 is 23.5 Å². The molecular weight excluding hydrogens is 368 g/mol. The van der Waals surface area contributed by atoms with Gasteiger partial charge in [0.15, 0.2) is 0 Å². The van der Waals surface area contributed by atoms with E-state index < -0.39 is 60.5 Å². The molecule has 25 heavy (non-hydrogen) atoms. The molecule has 0 aliphatic carbocycles. The first kappa shape index (κ1) is 23.9. The zero-order valence-electron chi connectivity index (χ0n) is 16.0. The van der Waals surface area contributed by atoms with Gasteiger partial charge < -0.3 is 0 Å². The Morgan fingerprint density at radius 2 is 1.00 bits per heavy atom. The van der Waals surface area contributed by atoms with E-state index in [1.54, 1.807) is 27.7 Å². The predicted molar refractivity (Wildman–Crippen MR) is 85.8 cm³/mol. The van der Waals surface area contributed by atoms with Gasteiger partial charge in [0.1, 0.15) is 0 Å². The Balaban J connectivity index is 7.27. The molecule has 2 N–H and O–H groups in total. The zero-order chi connectivity index (χ0) is 20.4. The molecule has 0 bridgehead atoms. The van der Waals surface area contributed by atoms with Gasteiger partial charge in [-0.15, -0.1) is 0 Å². The third kappa shape index (κ3) is 3.87. The van der Waals surface area contributed by atoms with Gasteiger partial charge in [-0.1, -0.05) is 0 Å². The average molecular weight is 396 g/mol. The Labute approximate surface area is 152 Å². The number of carboxylic acid groups (broad SMARTS) is 2. The molecule has 0 fully saturated rings. The van der Waals surface area contributed by atoms with Crippen LogP contribution < -0.4 is 0 Å². The van der Waals surface area contributed by atoms with Crippen LogP contribution in [0.3, 0.4) is 0 Å². The van der Waals surface area contributed by atoms with E-state index in [0.717, 1.165) is 27.7 Å². The summed E-state index contributed by atoms with van der Waals surface area (Å²) in [4.78, 5) is 49.1. The second kappa shape index (κ2) is 8.08. The van der Waals surface area contributed by atoms with E-state index in [4.69, 9.17) is 6.64 Å². The van der Waals surface area contributed by atoms with Gasteiger partial charge in [-0.05, 0) is 0 Å². The molecule has 0 aliphatic rings. The van der Waals surface area contributed by atoms with E-state index in [9.17, 15) is 29.4 Å². The molecule has 8 nitrogen and oxygen atoms in total. The molecule has 2 unspecified atom stereocenters. The summed E-state index contributed by atoms with van der Waals surface area (Å²) < 4.78 is 7.26. The van der Waals surface area contributed by atoms with Crippen LogP contribution in [-0.2, 0) is 43.2 Å². The molecule has 0 aromatic heterocycles. The van der Waals surface area contributed by atoms with Crippen molar-refractivity contribution in [1.82, 2.24) is 0 Å². The van der Waals surface area contributed by atoms with Crippen LogP contribution in [0.1, 0.15) is 55.4 Å². The number of Topliss-reactive ketones (excluding diaryl/α,β-unsaturated/α-hetero) is 2. The van der Waals surface area contributed by atoms with E-state index in [0.29, 0.717) is 0 Å². The van der Waals surface area contributed by atoms with Crippen LogP contribution in [0.2, 0.25) is 7.44 Å². The van der Waals surface area contributed by atoms with E-state index in [1.807, 2.05) is 0 Å². The van der Waals surface area contributed by atoms with Crippen molar-refractivity contribution in [2.24, 2.45) is 0 Å². The summed E-state index contributed by atoms with van der Waals surface area (Å²) >= 11 is -5.29. The van der Waals surface area contributed by atoms with Crippen molar-refractivity contribution in [2.75, 3.05) is 0 Å². The quantitative estimate of drug-likeness (QED) is 0.426. The van der Waals surface area contributed by atoms with Crippen LogP contribution in [0.4, 0.5) is 0 Å². The molecule has 0 heterocycles. The number of hydrogen-bond donors (Lipinski definition) is 2. The summed E-state index contributed by atoms with van der Waals surface area (Å²) in [6, 6.07) is 0. The second-order valence-electron chi connectivity index (χ2n) is 6.92. The second-order valence-corrected chi connectivity index (χ2v) is 12.7. The van der Waals surface area contributed by atoms with E-state index in [-0.39, 0.29) is 0 Å². The summed E-state index contributed by atoms with van der Waals surface area (Å²) in [7, 11) is 0. The number of ketones is 2. The number of rotatable bonds is 10. The molecule has 0 aromatic rings.